The minimum absolute atomic E-state index is 0.0365. The number of hydrogen-bond donors (Lipinski definition) is 2. The number of carbonyl (C=O) groups is 2. The van der Waals surface area contributed by atoms with Crippen molar-refractivity contribution in [3.63, 3.8) is 0 Å². The molecule has 2 unspecified atom stereocenters. The Hall–Kier alpha value is -1.70. The predicted molar refractivity (Wildman–Crippen MR) is 158 cm³/mol. The van der Waals surface area contributed by atoms with Gasteiger partial charge in [-0.25, -0.2) is 9.59 Å². The van der Waals surface area contributed by atoms with Crippen molar-refractivity contribution in [3.05, 3.63) is 59.7 Å². The van der Waals surface area contributed by atoms with E-state index in [-0.39, 0.29) is 47.5 Å². The average molecular weight is 613 g/mol. The number of carbonyl (C=O) groups excluding carboxylic acids is 2. The quantitative estimate of drug-likeness (QED) is 0.305. The van der Waals surface area contributed by atoms with E-state index in [1.165, 1.54) is 0 Å². The van der Waals surface area contributed by atoms with E-state index >= 15 is 0 Å². The molecule has 0 spiro atoms. The summed E-state index contributed by atoms with van der Waals surface area (Å²) in [7, 11) is 0. The summed E-state index contributed by atoms with van der Waals surface area (Å²) in [4.78, 5) is 23.8. The fraction of sp³-hybridized carbons (Fsp3) is 0.481. The van der Waals surface area contributed by atoms with Crippen molar-refractivity contribution in [3.8, 4) is 11.5 Å². The molecule has 39 heavy (non-hydrogen) atoms. The van der Waals surface area contributed by atoms with Crippen LogP contribution in [-0.4, -0.2) is 93.0 Å². The molecule has 2 atom stereocenters. The lowest BCUT2D eigenvalue weighted by atomic mass is 10.0. The van der Waals surface area contributed by atoms with Gasteiger partial charge in [0.2, 0.25) is 0 Å². The average Bonchev–Trinajstić information content (AvgIpc) is 3.69. The van der Waals surface area contributed by atoms with Gasteiger partial charge in [-0.2, -0.15) is 0 Å². The summed E-state index contributed by atoms with van der Waals surface area (Å²) >= 11 is 6.28. The second-order valence-corrected chi connectivity index (χ2v) is 14.3. The Morgan fingerprint density at radius 1 is 0.641 bits per heavy atom. The number of esters is 2. The molecule has 0 bridgehead atoms. The number of thioether (sulfide) groups is 4. The summed E-state index contributed by atoms with van der Waals surface area (Å²) in [5, 5.41) is 20.1. The maximum atomic E-state index is 11.9. The van der Waals surface area contributed by atoms with Gasteiger partial charge in [-0.1, -0.05) is 24.3 Å². The highest BCUT2D eigenvalue weighted by atomic mass is 32.2. The van der Waals surface area contributed by atoms with Gasteiger partial charge in [-0.05, 0) is 41.8 Å². The molecule has 8 nitrogen and oxygen atoms in total. The molecule has 2 N–H and O–H groups in total. The van der Waals surface area contributed by atoms with Crippen LogP contribution in [0.5, 0.6) is 11.5 Å². The maximum absolute atomic E-state index is 11.9. The van der Waals surface area contributed by atoms with Gasteiger partial charge >= 0.3 is 11.9 Å². The summed E-state index contributed by atoms with van der Waals surface area (Å²) in [6.07, 6.45) is -1.07. The first kappa shape index (κ1) is 30.3. The van der Waals surface area contributed by atoms with Crippen LogP contribution in [-0.2, 0) is 25.5 Å². The highest BCUT2D eigenvalue weighted by Gasteiger charge is 2.27. The molecular formula is C27H32O8S4. The summed E-state index contributed by atoms with van der Waals surface area (Å²) in [6, 6.07) is 15.2. The van der Waals surface area contributed by atoms with Gasteiger partial charge < -0.3 is 29.2 Å². The van der Waals surface area contributed by atoms with E-state index in [0.29, 0.717) is 17.9 Å². The van der Waals surface area contributed by atoms with Gasteiger partial charge in [0.15, 0.2) is 0 Å². The molecule has 2 aliphatic rings. The molecule has 2 fully saturated rings. The van der Waals surface area contributed by atoms with Gasteiger partial charge in [-0.3, -0.25) is 0 Å². The molecular weight excluding hydrogens is 581 g/mol. The van der Waals surface area contributed by atoms with E-state index in [9.17, 15) is 19.8 Å². The first-order chi connectivity index (χ1) is 19.0. The normalized spacial score (nSPS) is 17.5. The van der Waals surface area contributed by atoms with Gasteiger partial charge in [-0.15, -0.1) is 47.0 Å². The van der Waals surface area contributed by atoms with Gasteiger partial charge in [0.25, 0.3) is 0 Å². The Morgan fingerprint density at radius 3 is 1.36 bits per heavy atom. The molecule has 0 aromatic heterocycles. The van der Waals surface area contributed by atoms with Crippen molar-refractivity contribution in [2.75, 3.05) is 49.4 Å². The first-order valence-electron chi connectivity index (χ1n) is 12.6. The lowest BCUT2D eigenvalue weighted by molar-refractivity contribution is -0.145. The Labute approximate surface area is 245 Å². The highest BCUT2D eigenvalue weighted by molar-refractivity contribution is 8.21. The summed E-state index contributed by atoms with van der Waals surface area (Å²) in [6.45, 7) is -0.0945. The number of rotatable bonds is 14. The van der Waals surface area contributed by atoms with Crippen molar-refractivity contribution < 1.29 is 38.7 Å². The van der Waals surface area contributed by atoms with Crippen LogP contribution in [0, 0.1) is 0 Å². The van der Waals surface area contributed by atoms with Crippen LogP contribution in [0.2, 0.25) is 0 Å². The summed E-state index contributed by atoms with van der Waals surface area (Å²) < 4.78 is 21.2. The zero-order valence-electron chi connectivity index (χ0n) is 21.3. The number of hydrogen-bond acceptors (Lipinski definition) is 12. The Bertz CT molecular complexity index is 957. The van der Waals surface area contributed by atoms with Crippen molar-refractivity contribution in [1.29, 1.82) is 0 Å². The van der Waals surface area contributed by atoms with E-state index < -0.39 is 12.2 Å². The molecule has 212 valence electrons. The molecule has 2 heterocycles. The summed E-state index contributed by atoms with van der Waals surface area (Å²) in [5.41, 5.74) is 2.18. The second-order valence-electron chi connectivity index (χ2n) is 8.80. The number of ether oxygens (including phenoxy) is 4. The molecule has 2 saturated heterocycles. The van der Waals surface area contributed by atoms with E-state index in [1.807, 2.05) is 48.5 Å². The van der Waals surface area contributed by atoms with E-state index in [2.05, 4.69) is 0 Å². The fourth-order valence-electron chi connectivity index (χ4n) is 3.61. The minimum atomic E-state index is -0.892. The van der Waals surface area contributed by atoms with Crippen LogP contribution >= 0.6 is 47.0 Å². The van der Waals surface area contributed by atoms with E-state index in [1.54, 1.807) is 47.0 Å². The zero-order chi connectivity index (χ0) is 27.5. The van der Waals surface area contributed by atoms with Crippen molar-refractivity contribution in [2.24, 2.45) is 0 Å². The van der Waals surface area contributed by atoms with Crippen LogP contribution in [0.4, 0.5) is 0 Å². The molecule has 2 aromatic rings. The highest BCUT2D eigenvalue weighted by Crippen LogP contribution is 2.33. The third-order valence-electron chi connectivity index (χ3n) is 5.60. The lowest BCUT2D eigenvalue weighted by Crippen LogP contribution is -2.27. The number of benzene rings is 2. The number of aliphatic hydroxyl groups is 2. The van der Waals surface area contributed by atoms with E-state index in [0.717, 1.165) is 34.1 Å². The molecule has 2 aliphatic heterocycles. The van der Waals surface area contributed by atoms with Crippen molar-refractivity contribution in [2.45, 2.75) is 27.8 Å². The predicted octanol–water partition coefficient (Wildman–Crippen LogP) is 3.46. The standard InChI is InChI=1S/C27H32O8S4/c28-20(16-34-24(30)26-36-9-10-37-26)14-32-22-5-1-18(2-6-22)13-19-3-7-23(8-4-19)33-15-21(29)17-35-25(31)27-38-11-12-39-27/h1-8,20-21,26-29H,9-17H2. The first-order valence-corrected chi connectivity index (χ1v) is 16.7. The third kappa shape index (κ3) is 10.3. The Morgan fingerprint density at radius 2 is 1.00 bits per heavy atom. The zero-order valence-corrected chi connectivity index (χ0v) is 24.5. The second kappa shape index (κ2) is 15.9. The van der Waals surface area contributed by atoms with Crippen molar-refractivity contribution >= 4 is 59.0 Å². The topological polar surface area (TPSA) is 112 Å². The number of aliphatic hydroxyl groups excluding tert-OH is 2. The Kier molecular flexibility index (Phi) is 12.4. The fourth-order valence-corrected chi connectivity index (χ4v) is 8.74. The van der Waals surface area contributed by atoms with Crippen LogP contribution in [0.1, 0.15) is 11.1 Å². The third-order valence-corrected chi connectivity index (χ3v) is 11.5. The van der Waals surface area contributed by atoms with Crippen molar-refractivity contribution in [1.82, 2.24) is 0 Å². The van der Waals surface area contributed by atoms with Crippen LogP contribution < -0.4 is 9.47 Å². The monoisotopic (exact) mass is 612 g/mol. The molecule has 2 aromatic carbocycles. The van der Waals surface area contributed by atoms with Gasteiger partial charge in [0.1, 0.15) is 59.3 Å². The van der Waals surface area contributed by atoms with Gasteiger partial charge in [0, 0.05) is 23.0 Å². The van der Waals surface area contributed by atoms with Crippen LogP contribution in [0.15, 0.2) is 48.5 Å². The molecule has 4 rings (SSSR count). The molecule has 0 aliphatic carbocycles. The minimum Gasteiger partial charge on any atom is -0.491 e. The summed E-state index contributed by atoms with van der Waals surface area (Å²) in [5.74, 6) is 4.43. The molecule has 12 heteroatoms. The van der Waals surface area contributed by atoms with Gasteiger partial charge in [0.05, 0.1) is 0 Å². The molecule has 0 radical (unpaired) electrons. The van der Waals surface area contributed by atoms with Crippen LogP contribution in [0.3, 0.4) is 0 Å². The lowest BCUT2D eigenvalue weighted by Gasteiger charge is -2.15. The maximum Gasteiger partial charge on any atom is 0.329 e. The largest absolute Gasteiger partial charge is 0.491 e. The molecule has 0 amide bonds. The molecule has 0 saturated carbocycles. The smallest absolute Gasteiger partial charge is 0.329 e. The Balaban J connectivity index is 1.12. The SMILES string of the molecule is O=C(OCC(O)COc1ccc(Cc2ccc(OCC(O)COC(=O)C3SCCS3)cc2)cc1)C1SCCS1. The van der Waals surface area contributed by atoms with E-state index in [4.69, 9.17) is 18.9 Å². The van der Waals surface area contributed by atoms with Crippen LogP contribution in [0.25, 0.3) is 0 Å².